The molecule has 0 aromatic carbocycles. The number of hydrogen-bond donors (Lipinski definition) is 12. The summed E-state index contributed by atoms with van der Waals surface area (Å²) in [7, 11) is 0. The van der Waals surface area contributed by atoms with Crippen LogP contribution in [0.2, 0.25) is 0 Å². The minimum Gasteiger partial charge on any atom is -0.394 e. The van der Waals surface area contributed by atoms with Crippen LogP contribution in [0.1, 0.15) is 219 Å². The fourth-order valence-corrected chi connectivity index (χ4v) is 11.1. The lowest BCUT2D eigenvalue weighted by Crippen LogP contribution is -2.66. The molecular weight excluding hydrogens is 1140 g/mol. The summed E-state index contributed by atoms with van der Waals surface area (Å²) in [4.78, 5) is 13.3. The molecule has 3 heterocycles. The van der Waals surface area contributed by atoms with Gasteiger partial charge in [0.25, 0.3) is 0 Å². The number of amides is 1. The predicted molar refractivity (Wildman–Crippen MR) is 346 cm³/mol. The van der Waals surface area contributed by atoms with Crippen molar-refractivity contribution in [2.24, 2.45) is 0 Å². The Morgan fingerprint density at radius 1 is 0.416 bits per heavy atom. The Labute approximate surface area is 533 Å². The average Bonchev–Trinajstić information content (AvgIpc) is 2.14. The normalized spacial score (nSPS) is 28.8. The molecule has 17 unspecified atom stereocenters. The molecule has 3 fully saturated rings. The third-order valence-corrected chi connectivity index (χ3v) is 16.7. The summed E-state index contributed by atoms with van der Waals surface area (Å²) < 4.78 is 34.2. The molecule has 514 valence electrons. The van der Waals surface area contributed by atoms with Crippen molar-refractivity contribution >= 4 is 5.91 Å². The molecule has 19 heteroatoms. The van der Waals surface area contributed by atoms with Crippen LogP contribution in [0.5, 0.6) is 0 Å². The number of hydrogen-bond acceptors (Lipinski definition) is 18. The summed E-state index contributed by atoms with van der Waals surface area (Å²) >= 11 is 0. The maximum absolute atomic E-state index is 13.3. The van der Waals surface area contributed by atoms with E-state index in [2.05, 4.69) is 92.1 Å². The molecule has 19 nitrogen and oxygen atoms in total. The van der Waals surface area contributed by atoms with E-state index in [1.165, 1.54) is 116 Å². The number of carbonyl (C=O) groups excluding carboxylic acids is 1. The highest BCUT2D eigenvalue weighted by Gasteiger charge is 2.53. The third-order valence-electron chi connectivity index (χ3n) is 16.7. The first-order valence-corrected chi connectivity index (χ1v) is 34.3. The number of rotatable bonds is 51. The first-order valence-electron chi connectivity index (χ1n) is 34.3. The molecule has 3 saturated heterocycles. The summed E-state index contributed by atoms with van der Waals surface area (Å²) in [6.07, 6.45) is 39.4. The lowest BCUT2D eigenvalue weighted by molar-refractivity contribution is -0.379. The molecule has 0 bridgehead atoms. The van der Waals surface area contributed by atoms with Gasteiger partial charge in [-0.3, -0.25) is 4.79 Å². The van der Waals surface area contributed by atoms with Crippen LogP contribution in [0.25, 0.3) is 0 Å². The van der Waals surface area contributed by atoms with Crippen LogP contribution in [0.4, 0.5) is 0 Å². The molecule has 0 aliphatic carbocycles. The highest BCUT2D eigenvalue weighted by atomic mass is 16.8. The summed E-state index contributed by atoms with van der Waals surface area (Å²) in [5, 5.41) is 120. The molecule has 3 aliphatic rings. The van der Waals surface area contributed by atoms with Crippen LogP contribution in [0, 0.1) is 0 Å². The molecular formula is C70H121NO18. The Kier molecular flexibility index (Phi) is 46.3. The number of ether oxygens (including phenoxy) is 6. The van der Waals surface area contributed by atoms with Gasteiger partial charge in [0.2, 0.25) is 5.91 Å². The highest BCUT2D eigenvalue weighted by Crippen LogP contribution is 2.33. The van der Waals surface area contributed by atoms with Crippen molar-refractivity contribution in [1.82, 2.24) is 5.32 Å². The molecule has 0 aromatic heterocycles. The summed E-state index contributed by atoms with van der Waals surface area (Å²) in [5.41, 5.74) is 0. The fourth-order valence-electron chi connectivity index (χ4n) is 11.1. The second-order valence-electron chi connectivity index (χ2n) is 24.2. The monoisotopic (exact) mass is 1260 g/mol. The van der Waals surface area contributed by atoms with E-state index < -0.39 is 124 Å². The lowest BCUT2D eigenvalue weighted by atomic mass is 9.96. The smallest absolute Gasteiger partial charge is 0.220 e. The van der Waals surface area contributed by atoms with E-state index in [1.54, 1.807) is 6.08 Å². The van der Waals surface area contributed by atoms with Crippen molar-refractivity contribution in [3.05, 3.63) is 85.1 Å². The van der Waals surface area contributed by atoms with Gasteiger partial charge in [-0.1, -0.05) is 227 Å². The number of aliphatic hydroxyl groups excluding tert-OH is 11. The Morgan fingerprint density at radius 2 is 0.787 bits per heavy atom. The van der Waals surface area contributed by atoms with Crippen molar-refractivity contribution in [2.45, 2.75) is 324 Å². The highest BCUT2D eigenvalue weighted by molar-refractivity contribution is 5.76. The standard InChI is InChI=1S/C70H121NO18/c1-3-5-7-9-11-12-13-14-15-16-17-18-19-20-21-22-23-24-25-26-27-28-29-30-31-32-33-34-35-36-37-38-39-40-42-44-46-48-58(76)71-53(54(75)47-45-43-41-10-8-6-4-2)52-84-68-64(82)61(79)66(56(50-73)86-68)89-70-65(83)62(80)67(57(51-74)87-70)88-69-63(81)60(78)59(77)55(49-72)85-69/h5,7-8,10-12,14-15,17-18,20-21,45,47,53-57,59-70,72-75,77-83H,3-4,6,9,13,16,19,22-44,46,48-52H2,1-2H3,(H,71,76)/b7-5-,10-8+,12-11-,15-14-,18-17-,21-20-,47-45+. The topological polar surface area (TPSA) is 307 Å². The van der Waals surface area contributed by atoms with E-state index >= 15 is 0 Å². The summed E-state index contributed by atoms with van der Waals surface area (Å²) in [6.45, 7) is 1.46. The van der Waals surface area contributed by atoms with Crippen molar-refractivity contribution < 1.29 is 89.4 Å². The number of aliphatic hydroxyl groups is 11. The van der Waals surface area contributed by atoms with Gasteiger partial charge in [-0.15, -0.1) is 0 Å². The molecule has 0 spiro atoms. The average molecular weight is 1260 g/mol. The lowest BCUT2D eigenvalue weighted by Gasteiger charge is -2.48. The second kappa shape index (κ2) is 51.4. The molecule has 0 radical (unpaired) electrons. The fraction of sp³-hybridized carbons (Fsp3) is 0.786. The van der Waals surface area contributed by atoms with Gasteiger partial charge in [0.15, 0.2) is 18.9 Å². The van der Waals surface area contributed by atoms with Crippen LogP contribution in [-0.2, 0) is 33.2 Å². The van der Waals surface area contributed by atoms with Crippen LogP contribution in [-0.4, -0.2) is 193 Å². The van der Waals surface area contributed by atoms with E-state index in [4.69, 9.17) is 28.4 Å². The van der Waals surface area contributed by atoms with Crippen LogP contribution in [0.15, 0.2) is 85.1 Å². The Balaban J connectivity index is 1.27. The van der Waals surface area contributed by atoms with Gasteiger partial charge >= 0.3 is 0 Å². The quantitative estimate of drug-likeness (QED) is 0.0200. The van der Waals surface area contributed by atoms with E-state index in [-0.39, 0.29) is 18.9 Å². The van der Waals surface area contributed by atoms with Crippen molar-refractivity contribution in [2.75, 3.05) is 26.4 Å². The zero-order chi connectivity index (χ0) is 64.7. The minimum atomic E-state index is -1.98. The molecule has 0 saturated carbocycles. The second-order valence-corrected chi connectivity index (χ2v) is 24.2. The third kappa shape index (κ3) is 33.6. The zero-order valence-electron chi connectivity index (χ0n) is 54.1. The van der Waals surface area contributed by atoms with Gasteiger partial charge < -0.3 is 89.9 Å². The van der Waals surface area contributed by atoms with Gasteiger partial charge in [-0.2, -0.15) is 0 Å². The van der Waals surface area contributed by atoms with Crippen LogP contribution >= 0.6 is 0 Å². The predicted octanol–water partition coefficient (Wildman–Crippen LogP) is 8.71. The number of carbonyl (C=O) groups is 1. The SMILES string of the molecule is CC/C=C\C/C=C\C/C=C\C/C=C\C/C=C\CCCCCCCCCCCCCCCCCCCCCCCC(=O)NC(COC1OC(CO)C(OC2OC(CO)C(OC3OC(CO)C(O)C(O)C3O)C(O)C2O)C(O)C1O)C(O)/C=C/CC/C=C/CCC. The molecule has 3 aliphatic heterocycles. The number of nitrogens with one attached hydrogen (secondary N) is 1. The Bertz CT molecular complexity index is 1940. The largest absolute Gasteiger partial charge is 0.394 e. The first-order chi connectivity index (χ1) is 43.3. The van der Waals surface area contributed by atoms with Crippen molar-refractivity contribution in [1.29, 1.82) is 0 Å². The van der Waals surface area contributed by atoms with E-state index in [0.717, 1.165) is 70.6 Å². The molecule has 89 heavy (non-hydrogen) atoms. The minimum absolute atomic E-state index is 0.234. The van der Waals surface area contributed by atoms with Crippen LogP contribution in [0.3, 0.4) is 0 Å². The molecule has 1 amide bonds. The Hall–Kier alpha value is -3.03. The number of allylic oxidation sites excluding steroid dienone is 13. The molecule has 12 N–H and O–H groups in total. The van der Waals surface area contributed by atoms with Crippen LogP contribution < -0.4 is 5.32 Å². The molecule has 0 aromatic rings. The first kappa shape index (κ1) is 80.2. The maximum Gasteiger partial charge on any atom is 0.220 e. The summed E-state index contributed by atoms with van der Waals surface area (Å²) in [6, 6.07) is -0.988. The van der Waals surface area contributed by atoms with Gasteiger partial charge in [-0.05, 0) is 70.6 Å². The van der Waals surface area contributed by atoms with Gasteiger partial charge in [0, 0.05) is 6.42 Å². The van der Waals surface area contributed by atoms with E-state index in [1.807, 2.05) is 6.08 Å². The zero-order valence-corrected chi connectivity index (χ0v) is 54.1. The van der Waals surface area contributed by atoms with E-state index in [0.29, 0.717) is 12.8 Å². The number of unbranched alkanes of at least 4 members (excludes halogenated alkanes) is 23. The molecule has 17 atom stereocenters. The maximum atomic E-state index is 13.3. The van der Waals surface area contributed by atoms with Crippen molar-refractivity contribution in [3.63, 3.8) is 0 Å². The van der Waals surface area contributed by atoms with Crippen molar-refractivity contribution in [3.8, 4) is 0 Å². The van der Waals surface area contributed by atoms with Gasteiger partial charge in [-0.25, -0.2) is 0 Å². The van der Waals surface area contributed by atoms with Gasteiger partial charge in [0.05, 0.1) is 38.6 Å². The summed E-state index contributed by atoms with van der Waals surface area (Å²) in [5.74, 6) is -0.291. The van der Waals surface area contributed by atoms with Gasteiger partial charge in [0.1, 0.15) is 73.2 Å². The molecule has 3 rings (SSSR count). The van der Waals surface area contributed by atoms with E-state index in [9.17, 15) is 61.0 Å². The Morgan fingerprint density at radius 3 is 1.25 bits per heavy atom.